The molecule has 7 heteroatoms. The summed E-state index contributed by atoms with van der Waals surface area (Å²) in [4.78, 5) is 13.7. The van der Waals surface area contributed by atoms with E-state index in [9.17, 15) is 9.18 Å². The first-order valence-corrected chi connectivity index (χ1v) is 7.54. The van der Waals surface area contributed by atoms with E-state index < -0.39 is 0 Å². The summed E-state index contributed by atoms with van der Waals surface area (Å²) < 4.78 is 23.3. The van der Waals surface area contributed by atoms with Crippen molar-refractivity contribution < 1.29 is 18.3 Å². The molecule has 122 valence electrons. The highest BCUT2D eigenvalue weighted by atomic mass is 19.1. The number of halogens is 1. The molecular formula is C16H18FN3O3. The largest absolute Gasteiger partial charge is 0.469 e. The summed E-state index contributed by atoms with van der Waals surface area (Å²) in [5, 5.41) is 8.03. The van der Waals surface area contributed by atoms with Gasteiger partial charge in [0.1, 0.15) is 5.82 Å². The Labute approximate surface area is 133 Å². The zero-order valence-electron chi connectivity index (χ0n) is 12.9. The number of piperidine rings is 1. The van der Waals surface area contributed by atoms with Gasteiger partial charge < -0.3 is 9.15 Å². The molecule has 0 unspecified atom stereocenters. The molecular weight excluding hydrogens is 301 g/mol. The predicted octanol–water partition coefficient (Wildman–Crippen LogP) is 2.26. The lowest BCUT2D eigenvalue weighted by Gasteiger charge is -2.29. The van der Waals surface area contributed by atoms with E-state index in [2.05, 4.69) is 15.1 Å². The van der Waals surface area contributed by atoms with Crippen LogP contribution < -0.4 is 0 Å². The third kappa shape index (κ3) is 3.73. The number of carbonyl (C=O) groups excluding carboxylic acids is 1. The molecule has 0 radical (unpaired) electrons. The number of ether oxygens (including phenoxy) is 1. The van der Waals surface area contributed by atoms with Crippen molar-refractivity contribution in [3.05, 3.63) is 36.0 Å². The van der Waals surface area contributed by atoms with Crippen LogP contribution >= 0.6 is 0 Å². The molecule has 0 atom stereocenters. The second-order valence-corrected chi connectivity index (χ2v) is 5.58. The Balaban J connectivity index is 1.58. The van der Waals surface area contributed by atoms with E-state index in [1.54, 1.807) is 12.1 Å². The summed E-state index contributed by atoms with van der Waals surface area (Å²) in [6.07, 6.45) is 1.54. The minimum atomic E-state index is -0.304. The molecule has 2 heterocycles. The number of methoxy groups -OCH3 is 1. The number of hydrogen-bond donors (Lipinski definition) is 0. The number of likely N-dealkylation sites (tertiary alicyclic amines) is 1. The molecule has 1 saturated heterocycles. The summed E-state index contributed by atoms with van der Waals surface area (Å²) >= 11 is 0. The maximum atomic E-state index is 12.9. The Kier molecular flexibility index (Phi) is 4.66. The average molecular weight is 319 g/mol. The van der Waals surface area contributed by atoms with Crippen molar-refractivity contribution in [3.8, 4) is 11.5 Å². The molecule has 1 aliphatic rings. The minimum absolute atomic E-state index is 0.0197. The van der Waals surface area contributed by atoms with Gasteiger partial charge in [0, 0.05) is 5.56 Å². The first kappa shape index (κ1) is 15.6. The van der Waals surface area contributed by atoms with Gasteiger partial charge in [0.15, 0.2) is 0 Å². The van der Waals surface area contributed by atoms with Gasteiger partial charge in [-0.1, -0.05) is 0 Å². The highest BCUT2D eigenvalue weighted by Gasteiger charge is 2.26. The van der Waals surface area contributed by atoms with E-state index >= 15 is 0 Å². The van der Waals surface area contributed by atoms with Crippen molar-refractivity contribution in [2.24, 2.45) is 5.92 Å². The molecule has 0 saturated carbocycles. The van der Waals surface area contributed by atoms with Crippen LogP contribution in [0.3, 0.4) is 0 Å². The van der Waals surface area contributed by atoms with E-state index in [1.807, 2.05) is 0 Å². The lowest BCUT2D eigenvalue weighted by atomic mass is 9.97. The van der Waals surface area contributed by atoms with Crippen LogP contribution in [0.25, 0.3) is 11.5 Å². The van der Waals surface area contributed by atoms with E-state index in [1.165, 1.54) is 19.2 Å². The van der Waals surface area contributed by atoms with Gasteiger partial charge in [-0.05, 0) is 50.2 Å². The molecule has 0 aliphatic carbocycles. The van der Waals surface area contributed by atoms with Gasteiger partial charge >= 0.3 is 5.97 Å². The maximum Gasteiger partial charge on any atom is 0.308 e. The molecule has 0 spiro atoms. The lowest BCUT2D eigenvalue weighted by Crippen LogP contribution is -2.36. The van der Waals surface area contributed by atoms with Crippen LogP contribution in [0.4, 0.5) is 4.39 Å². The number of hydrogen-bond acceptors (Lipinski definition) is 6. The van der Waals surface area contributed by atoms with Crippen molar-refractivity contribution in [2.75, 3.05) is 20.2 Å². The van der Waals surface area contributed by atoms with Crippen LogP contribution in [0.15, 0.2) is 28.7 Å². The standard InChI is InChI=1S/C16H18FN3O3/c1-22-16(21)12-6-8-20(9-7-12)10-14-18-19-15(23-14)11-2-4-13(17)5-3-11/h2-5,12H,6-10H2,1H3. The zero-order chi connectivity index (χ0) is 16.2. The van der Waals surface area contributed by atoms with Crippen molar-refractivity contribution in [1.29, 1.82) is 0 Å². The quantitative estimate of drug-likeness (QED) is 0.805. The summed E-state index contributed by atoms with van der Waals surface area (Å²) in [5.41, 5.74) is 0.689. The van der Waals surface area contributed by atoms with Gasteiger partial charge in [-0.2, -0.15) is 0 Å². The van der Waals surface area contributed by atoms with Gasteiger partial charge in [0.2, 0.25) is 11.8 Å². The Hall–Kier alpha value is -2.28. The fraction of sp³-hybridized carbons (Fsp3) is 0.438. The van der Waals surface area contributed by atoms with Crippen molar-refractivity contribution in [3.63, 3.8) is 0 Å². The average Bonchev–Trinajstić information content (AvgIpc) is 3.04. The molecule has 0 amide bonds. The zero-order valence-corrected chi connectivity index (χ0v) is 12.9. The third-order valence-electron chi connectivity index (χ3n) is 4.04. The van der Waals surface area contributed by atoms with Crippen LogP contribution in [0.2, 0.25) is 0 Å². The van der Waals surface area contributed by atoms with Crippen LogP contribution in [-0.4, -0.2) is 41.3 Å². The summed E-state index contributed by atoms with van der Waals surface area (Å²) in [5.74, 6) is 0.432. The number of esters is 1. The predicted molar refractivity (Wildman–Crippen MR) is 79.7 cm³/mol. The van der Waals surface area contributed by atoms with Crippen LogP contribution in [0.5, 0.6) is 0 Å². The second-order valence-electron chi connectivity index (χ2n) is 5.58. The Bertz CT molecular complexity index is 663. The fourth-order valence-electron chi connectivity index (χ4n) is 2.71. The van der Waals surface area contributed by atoms with Crippen LogP contribution in [-0.2, 0) is 16.1 Å². The number of aromatic nitrogens is 2. The molecule has 1 fully saturated rings. The van der Waals surface area contributed by atoms with Gasteiger partial charge in [-0.3, -0.25) is 9.69 Å². The number of benzene rings is 1. The monoisotopic (exact) mass is 319 g/mol. The molecule has 0 bridgehead atoms. The topological polar surface area (TPSA) is 68.5 Å². The highest BCUT2D eigenvalue weighted by Crippen LogP contribution is 2.22. The van der Waals surface area contributed by atoms with E-state index in [-0.39, 0.29) is 17.7 Å². The molecule has 0 N–H and O–H groups in total. The van der Waals surface area contributed by atoms with Crippen molar-refractivity contribution in [2.45, 2.75) is 19.4 Å². The van der Waals surface area contributed by atoms with Gasteiger partial charge in [-0.25, -0.2) is 4.39 Å². The first-order chi connectivity index (χ1) is 11.2. The SMILES string of the molecule is COC(=O)C1CCN(Cc2nnc(-c3ccc(F)cc3)o2)CC1. The minimum Gasteiger partial charge on any atom is -0.469 e. The van der Waals surface area contributed by atoms with Crippen molar-refractivity contribution in [1.82, 2.24) is 15.1 Å². The highest BCUT2D eigenvalue weighted by molar-refractivity contribution is 5.72. The van der Waals surface area contributed by atoms with Gasteiger partial charge in [-0.15, -0.1) is 10.2 Å². The van der Waals surface area contributed by atoms with Gasteiger partial charge in [0.05, 0.1) is 19.6 Å². The van der Waals surface area contributed by atoms with Crippen molar-refractivity contribution >= 4 is 5.97 Å². The van der Waals surface area contributed by atoms with E-state index in [0.29, 0.717) is 23.9 Å². The molecule has 1 aromatic heterocycles. The molecule has 1 aliphatic heterocycles. The number of nitrogens with zero attached hydrogens (tertiary/aromatic N) is 3. The van der Waals surface area contributed by atoms with Crippen LogP contribution in [0, 0.1) is 11.7 Å². The van der Waals surface area contributed by atoms with Gasteiger partial charge in [0.25, 0.3) is 0 Å². The Morgan fingerprint density at radius 1 is 1.30 bits per heavy atom. The molecule has 3 rings (SSSR count). The lowest BCUT2D eigenvalue weighted by molar-refractivity contribution is -0.147. The number of carbonyl (C=O) groups is 1. The molecule has 1 aromatic carbocycles. The van der Waals surface area contributed by atoms with Crippen LogP contribution in [0.1, 0.15) is 18.7 Å². The Morgan fingerprint density at radius 3 is 2.65 bits per heavy atom. The Morgan fingerprint density at radius 2 is 2.00 bits per heavy atom. The summed E-state index contributed by atoms with van der Waals surface area (Å²) in [6.45, 7) is 2.12. The normalized spacial score (nSPS) is 16.4. The fourth-order valence-corrected chi connectivity index (χ4v) is 2.71. The molecule has 23 heavy (non-hydrogen) atoms. The first-order valence-electron chi connectivity index (χ1n) is 7.54. The summed E-state index contributed by atoms with van der Waals surface area (Å²) in [7, 11) is 1.42. The molecule has 2 aromatic rings. The second kappa shape index (κ2) is 6.87. The summed E-state index contributed by atoms with van der Waals surface area (Å²) in [6, 6.07) is 5.93. The molecule has 6 nitrogen and oxygen atoms in total. The van der Waals surface area contributed by atoms with E-state index in [0.717, 1.165) is 25.9 Å². The number of rotatable bonds is 4. The maximum absolute atomic E-state index is 12.9. The smallest absolute Gasteiger partial charge is 0.308 e. The third-order valence-corrected chi connectivity index (χ3v) is 4.04. The van der Waals surface area contributed by atoms with E-state index in [4.69, 9.17) is 9.15 Å².